The van der Waals surface area contributed by atoms with E-state index in [9.17, 15) is 0 Å². The van der Waals surface area contributed by atoms with Gasteiger partial charge in [-0.2, -0.15) is 5.10 Å². The fourth-order valence-corrected chi connectivity index (χ4v) is 2.08. The van der Waals surface area contributed by atoms with Crippen molar-refractivity contribution in [3.63, 3.8) is 0 Å². The summed E-state index contributed by atoms with van der Waals surface area (Å²) in [6.45, 7) is 10.8. The van der Waals surface area contributed by atoms with Crippen molar-refractivity contribution < 1.29 is 0 Å². The molecule has 0 bridgehead atoms. The number of aromatic amines is 1. The van der Waals surface area contributed by atoms with Crippen LogP contribution in [0.2, 0.25) is 0 Å². The number of benzene rings is 1. The molecule has 0 radical (unpaired) electrons. The number of nitrogens with one attached hydrogen (secondary N) is 1. The number of hydrogen-bond acceptors (Lipinski definition) is 2. The maximum absolute atomic E-state index is 5.78. The van der Waals surface area contributed by atoms with Crippen LogP contribution in [0.25, 0.3) is 11.3 Å². The van der Waals surface area contributed by atoms with E-state index >= 15 is 0 Å². The Hall–Kier alpha value is -1.77. The van der Waals surface area contributed by atoms with Gasteiger partial charge in [0.1, 0.15) is 5.82 Å². The quantitative estimate of drug-likeness (QED) is 0.804. The van der Waals surface area contributed by atoms with Gasteiger partial charge in [0.05, 0.1) is 5.69 Å². The Bertz CT molecular complexity index is 574. The first-order valence-electron chi connectivity index (χ1n) is 6.22. The Morgan fingerprint density at radius 1 is 1.17 bits per heavy atom. The third kappa shape index (κ3) is 2.13. The minimum Gasteiger partial charge on any atom is -0.382 e. The fraction of sp³-hybridized carbons (Fsp3) is 0.400. The SMILES string of the molecule is Cc1cc(C(C)(C)C)ccc1-c1[nH]nc(N)c1C. The zero-order valence-electron chi connectivity index (χ0n) is 11.8. The van der Waals surface area contributed by atoms with E-state index in [1.165, 1.54) is 16.7 Å². The lowest BCUT2D eigenvalue weighted by molar-refractivity contribution is 0.590. The molecule has 3 nitrogen and oxygen atoms in total. The molecule has 3 heteroatoms. The maximum Gasteiger partial charge on any atom is 0.148 e. The minimum absolute atomic E-state index is 0.172. The molecule has 2 rings (SSSR count). The number of anilines is 1. The van der Waals surface area contributed by atoms with Crippen LogP contribution in [0.5, 0.6) is 0 Å². The van der Waals surface area contributed by atoms with E-state index in [2.05, 4.69) is 56.1 Å². The summed E-state index contributed by atoms with van der Waals surface area (Å²) in [5.74, 6) is 0.573. The summed E-state index contributed by atoms with van der Waals surface area (Å²) in [7, 11) is 0. The molecule has 0 saturated heterocycles. The molecule has 0 spiro atoms. The van der Waals surface area contributed by atoms with Crippen LogP contribution in [0.1, 0.15) is 37.5 Å². The highest BCUT2D eigenvalue weighted by molar-refractivity contribution is 5.70. The number of aromatic nitrogens is 2. The predicted octanol–water partition coefficient (Wildman–Crippen LogP) is 3.57. The van der Waals surface area contributed by atoms with Gasteiger partial charge < -0.3 is 5.73 Å². The van der Waals surface area contributed by atoms with Crippen molar-refractivity contribution in [2.45, 2.75) is 40.0 Å². The van der Waals surface area contributed by atoms with Crippen molar-refractivity contribution in [3.8, 4) is 11.3 Å². The molecular formula is C15H21N3. The van der Waals surface area contributed by atoms with E-state index in [1.54, 1.807) is 0 Å². The molecular weight excluding hydrogens is 222 g/mol. The molecule has 96 valence electrons. The van der Waals surface area contributed by atoms with Crippen molar-refractivity contribution >= 4 is 5.82 Å². The highest BCUT2D eigenvalue weighted by atomic mass is 15.2. The van der Waals surface area contributed by atoms with Crippen molar-refractivity contribution in [1.82, 2.24) is 10.2 Å². The Morgan fingerprint density at radius 2 is 1.83 bits per heavy atom. The summed E-state index contributed by atoms with van der Waals surface area (Å²) in [6, 6.07) is 6.57. The van der Waals surface area contributed by atoms with Crippen LogP contribution in [0.4, 0.5) is 5.82 Å². The second kappa shape index (κ2) is 4.16. The number of nitrogens with zero attached hydrogens (tertiary/aromatic N) is 1. The molecule has 1 aromatic carbocycles. The van der Waals surface area contributed by atoms with Gasteiger partial charge in [0.2, 0.25) is 0 Å². The second-order valence-electron chi connectivity index (χ2n) is 5.89. The summed E-state index contributed by atoms with van der Waals surface area (Å²) in [5.41, 5.74) is 11.7. The van der Waals surface area contributed by atoms with Gasteiger partial charge in [-0.15, -0.1) is 0 Å². The van der Waals surface area contributed by atoms with Crippen LogP contribution in [0.3, 0.4) is 0 Å². The van der Waals surface area contributed by atoms with Crippen LogP contribution in [0, 0.1) is 13.8 Å². The van der Waals surface area contributed by atoms with Crippen molar-refractivity contribution in [2.75, 3.05) is 5.73 Å². The third-order valence-corrected chi connectivity index (χ3v) is 3.41. The monoisotopic (exact) mass is 243 g/mol. The van der Waals surface area contributed by atoms with Crippen LogP contribution < -0.4 is 5.73 Å². The Kier molecular flexibility index (Phi) is 2.93. The van der Waals surface area contributed by atoms with Gasteiger partial charge in [-0.3, -0.25) is 5.10 Å². The largest absolute Gasteiger partial charge is 0.382 e. The molecule has 0 fully saturated rings. The predicted molar refractivity (Wildman–Crippen MR) is 76.6 cm³/mol. The third-order valence-electron chi connectivity index (χ3n) is 3.41. The Morgan fingerprint density at radius 3 is 2.28 bits per heavy atom. The van der Waals surface area contributed by atoms with E-state index in [4.69, 9.17) is 5.73 Å². The first-order chi connectivity index (χ1) is 8.30. The zero-order valence-corrected chi connectivity index (χ0v) is 11.8. The average Bonchev–Trinajstić information content (AvgIpc) is 2.59. The number of nitrogen functional groups attached to an aromatic ring is 1. The van der Waals surface area contributed by atoms with Gasteiger partial charge in [-0.05, 0) is 30.4 Å². The summed E-state index contributed by atoms with van der Waals surface area (Å²) in [6.07, 6.45) is 0. The van der Waals surface area contributed by atoms with E-state index in [-0.39, 0.29) is 5.41 Å². The van der Waals surface area contributed by atoms with Crippen molar-refractivity contribution in [3.05, 3.63) is 34.9 Å². The summed E-state index contributed by atoms with van der Waals surface area (Å²) >= 11 is 0. The smallest absolute Gasteiger partial charge is 0.148 e. The molecule has 0 aliphatic rings. The number of H-pyrrole nitrogens is 1. The van der Waals surface area contributed by atoms with E-state index in [0.717, 1.165) is 11.3 Å². The van der Waals surface area contributed by atoms with E-state index in [1.807, 2.05) is 6.92 Å². The first-order valence-corrected chi connectivity index (χ1v) is 6.22. The van der Waals surface area contributed by atoms with Gasteiger partial charge >= 0.3 is 0 Å². The van der Waals surface area contributed by atoms with Crippen LogP contribution in [-0.4, -0.2) is 10.2 Å². The van der Waals surface area contributed by atoms with Gasteiger partial charge in [0.25, 0.3) is 0 Å². The van der Waals surface area contributed by atoms with Crippen molar-refractivity contribution in [2.24, 2.45) is 0 Å². The average molecular weight is 243 g/mol. The molecule has 2 aromatic rings. The van der Waals surface area contributed by atoms with Crippen LogP contribution >= 0.6 is 0 Å². The highest BCUT2D eigenvalue weighted by Gasteiger charge is 2.16. The second-order valence-corrected chi connectivity index (χ2v) is 5.89. The topological polar surface area (TPSA) is 54.7 Å². The molecule has 0 aliphatic heterocycles. The van der Waals surface area contributed by atoms with Gasteiger partial charge in [0, 0.05) is 11.1 Å². The molecule has 1 heterocycles. The number of rotatable bonds is 1. The zero-order chi connectivity index (χ0) is 13.5. The van der Waals surface area contributed by atoms with Gasteiger partial charge in [-0.25, -0.2) is 0 Å². The van der Waals surface area contributed by atoms with Gasteiger partial charge in [-0.1, -0.05) is 39.0 Å². The molecule has 0 amide bonds. The number of aryl methyl sites for hydroxylation is 1. The number of nitrogens with two attached hydrogens (primary N) is 1. The van der Waals surface area contributed by atoms with Crippen LogP contribution in [0.15, 0.2) is 18.2 Å². The van der Waals surface area contributed by atoms with E-state index < -0.39 is 0 Å². The number of hydrogen-bond donors (Lipinski definition) is 2. The molecule has 0 unspecified atom stereocenters. The van der Waals surface area contributed by atoms with Gasteiger partial charge in [0.15, 0.2) is 0 Å². The molecule has 3 N–H and O–H groups in total. The lowest BCUT2D eigenvalue weighted by atomic mass is 9.85. The fourth-order valence-electron chi connectivity index (χ4n) is 2.08. The molecule has 1 aromatic heterocycles. The standard InChI is InChI=1S/C15H21N3/c1-9-8-11(15(3,4)5)6-7-12(9)13-10(2)14(16)18-17-13/h6-8H,1-5H3,(H3,16,17,18). The summed E-state index contributed by atoms with van der Waals surface area (Å²) < 4.78 is 0. The Labute approximate surface area is 108 Å². The highest BCUT2D eigenvalue weighted by Crippen LogP contribution is 2.31. The maximum atomic E-state index is 5.78. The lowest BCUT2D eigenvalue weighted by Gasteiger charge is -2.20. The normalized spacial score (nSPS) is 11.8. The van der Waals surface area contributed by atoms with Crippen molar-refractivity contribution in [1.29, 1.82) is 0 Å². The molecule has 0 saturated carbocycles. The minimum atomic E-state index is 0.172. The lowest BCUT2D eigenvalue weighted by Crippen LogP contribution is -2.11. The summed E-state index contributed by atoms with van der Waals surface area (Å²) in [4.78, 5) is 0. The molecule has 0 aliphatic carbocycles. The van der Waals surface area contributed by atoms with Crippen LogP contribution in [-0.2, 0) is 5.41 Å². The van der Waals surface area contributed by atoms with E-state index in [0.29, 0.717) is 5.82 Å². The molecule has 0 atom stereocenters. The summed E-state index contributed by atoms with van der Waals surface area (Å²) in [5, 5.41) is 7.07. The Balaban J connectivity index is 2.52. The first kappa shape index (κ1) is 12.7. The molecule has 18 heavy (non-hydrogen) atoms.